The Balaban J connectivity index is 1.44. The van der Waals surface area contributed by atoms with E-state index in [1.54, 1.807) is 18.4 Å². The van der Waals surface area contributed by atoms with Crippen LogP contribution in [0.4, 0.5) is 0 Å². The second-order valence-corrected chi connectivity index (χ2v) is 7.79. The minimum absolute atomic E-state index is 0.161. The van der Waals surface area contributed by atoms with Crippen LogP contribution in [0, 0.1) is 0 Å². The molecule has 1 aliphatic heterocycles. The van der Waals surface area contributed by atoms with Gasteiger partial charge in [-0.05, 0) is 17.7 Å². The summed E-state index contributed by atoms with van der Waals surface area (Å²) in [6, 6.07) is 13.8. The van der Waals surface area contributed by atoms with E-state index in [0.29, 0.717) is 23.5 Å². The minimum atomic E-state index is -0.289. The molecule has 1 aliphatic rings. The average Bonchev–Trinajstić information content (AvgIpc) is 3.47. The molecule has 0 atom stereocenters. The van der Waals surface area contributed by atoms with Crippen molar-refractivity contribution in [1.29, 1.82) is 0 Å². The molecule has 158 valence electrons. The SMILES string of the molecule is Cn1c2c(c(=O)n3ncc(C(=O)NCc4ccco4)c13)CN(Cc1ccccc1)CC2. The minimum Gasteiger partial charge on any atom is -0.467 e. The number of carbonyl (C=O) groups is 1. The third-order valence-corrected chi connectivity index (χ3v) is 5.81. The van der Waals surface area contributed by atoms with Crippen molar-refractivity contribution in [2.24, 2.45) is 7.05 Å². The van der Waals surface area contributed by atoms with Gasteiger partial charge in [0.15, 0.2) is 5.65 Å². The molecular formula is C23H23N5O3. The van der Waals surface area contributed by atoms with Crippen molar-refractivity contribution in [2.75, 3.05) is 6.54 Å². The fourth-order valence-electron chi connectivity index (χ4n) is 4.25. The Labute approximate surface area is 178 Å². The Morgan fingerprint density at radius 1 is 1.19 bits per heavy atom. The zero-order valence-corrected chi connectivity index (χ0v) is 17.2. The monoisotopic (exact) mass is 417 g/mol. The Kier molecular flexibility index (Phi) is 4.91. The van der Waals surface area contributed by atoms with E-state index in [0.717, 1.165) is 30.8 Å². The van der Waals surface area contributed by atoms with Gasteiger partial charge in [0, 0.05) is 38.8 Å². The maximum atomic E-state index is 13.2. The third kappa shape index (κ3) is 3.55. The first kappa shape index (κ1) is 19.3. The number of nitrogens with one attached hydrogen (secondary N) is 1. The van der Waals surface area contributed by atoms with Gasteiger partial charge in [-0.15, -0.1) is 0 Å². The highest BCUT2D eigenvalue weighted by Crippen LogP contribution is 2.21. The molecule has 4 aromatic rings. The van der Waals surface area contributed by atoms with Crippen molar-refractivity contribution < 1.29 is 9.21 Å². The molecule has 0 saturated carbocycles. The van der Waals surface area contributed by atoms with Gasteiger partial charge in [-0.2, -0.15) is 9.61 Å². The van der Waals surface area contributed by atoms with Crippen LogP contribution in [0.5, 0.6) is 0 Å². The molecule has 0 radical (unpaired) electrons. The third-order valence-electron chi connectivity index (χ3n) is 5.81. The predicted octanol–water partition coefficient (Wildman–Crippen LogP) is 2.11. The van der Waals surface area contributed by atoms with E-state index in [1.807, 2.05) is 29.8 Å². The van der Waals surface area contributed by atoms with Gasteiger partial charge >= 0.3 is 0 Å². The summed E-state index contributed by atoms with van der Waals surface area (Å²) in [6.45, 7) is 2.48. The lowest BCUT2D eigenvalue weighted by Gasteiger charge is -2.29. The number of benzene rings is 1. The van der Waals surface area contributed by atoms with Gasteiger partial charge < -0.3 is 14.3 Å². The summed E-state index contributed by atoms with van der Waals surface area (Å²) in [7, 11) is 1.89. The number of hydrogen-bond donors (Lipinski definition) is 1. The highest BCUT2D eigenvalue weighted by molar-refractivity contribution is 5.99. The van der Waals surface area contributed by atoms with E-state index in [4.69, 9.17) is 4.42 Å². The zero-order chi connectivity index (χ0) is 21.4. The van der Waals surface area contributed by atoms with Gasteiger partial charge in [-0.25, -0.2) is 0 Å². The summed E-state index contributed by atoms with van der Waals surface area (Å²) in [5, 5.41) is 7.07. The van der Waals surface area contributed by atoms with Gasteiger partial charge in [0.2, 0.25) is 0 Å². The quantitative estimate of drug-likeness (QED) is 0.538. The van der Waals surface area contributed by atoms with E-state index in [1.165, 1.54) is 16.3 Å². The second kappa shape index (κ2) is 7.88. The van der Waals surface area contributed by atoms with Crippen LogP contribution >= 0.6 is 0 Å². The molecule has 8 heteroatoms. The number of furan rings is 1. The second-order valence-electron chi connectivity index (χ2n) is 7.79. The van der Waals surface area contributed by atoms with Gasteiger partial charge in [0.05, 0.1) is 24.6 Å². The molecule has 5 rings (SSSR count). The Morgan fingerprint density at radius 3 is 2.81 bits per heavy atom. The van der Waals surface area contributed by atoms with Gasteiger partial charge in [0.25, 0.3) is 11.5 Å². The van der Waals surface area contributed by atoms with E-state index in [-0.39, 0.29) is 18.0 Å². The lowest BCUT2D eigenvalue weighted by Crippen LogP contribution is -2.38. The molecule has 4 heterocycles. The van der Waals surface area contributed by atoms with Crippen molar-refractivity contribution in [3.63, 3.8) is 0 Å². The molecule has 0 bridgehead atoms. The van der Waals surface area contributed by atoms with Crippen LogP contribution in [0.25, 0.3) is 5.65 Å². The molecule has 0 saturated heterocycles. The van der Waals surface area contributed by atoms with Crippen LogP contribution in [0.2, 0.25) is 0 Å². The molecule has 0 unspecified atom stereocenters. The lowest BCUT2D eigenvalue weighted by atomic mass is 10.1. The maximum Gasteiger partial charge on any atom is 0.279 e. The first-order valence-corrected chi connectivity index (χ1v) is 10.3. The number of nitrogens with zero attached hydrogens (tertiary/aromatic N) is 4. The van der Waals surface area contributed by atoms with Crippen LogP contribution < -0.4 is 10.9 Å². The van der Waals surface area contributed by atoms with Crippen molar-refractivity contribution in [2.45, 2.75) is 26.1 Å². The number of fused-ring (bicyclic) bond motifs is 2. The van der Waals surface area contributed by atoms with Crippen molar-refractivity contribution >= 4 is 11.6 Å². The maximum absolute atomic E-state index is 13.2. The van der Waals surface area contributed by atoms with Crippen LogP contribution in [0.15, 0.2) is 64.1 Å². The highest BCUT2D eigenvalue weighted by Gasteiger charge is 2.26. The van der Waals surface area contributed by atoms with E-state index in [2.05, 4.69) is 27.4 Å². The van der Waals surface area contributed by atoms with Crippen LogP contribution in [-0.4, -0.2) is 31.5 Å². The molecule has 3 aromatic heterocycles. The number of aromatic nitrogens is 3. The molecule has 1 amide bonds. The Hall–Kier alpha value is -3.65. The first-order valence-electron chi connectivity index (χ1n) is 10.3. The van der Waals surface area contributed by atoms with Gasteiger partial charge in [-0.3, -0.25) is 14.5 Å². The number of rotatable bonds is 5. The van der Waals surface area contributed by atoms with Gasteiger partial charge in [-0.1, -0.05) is 30.3 Å². The highest BCUT2D eigenvalue weighted by atomic mass is 16.3. The molecule has 0 aliphatic carbocycles. The molecular weight excluding hydrogens is 394 g/mol. The smallest absolute Gasteiger partial charge is 0.279 e. The standard InChI is InChI=1S/C23H23N5O3/c1-26-20-9-10-27(14-16-6-3-2-4-7-16)15-19(20)23(30)28-22(26)18(13-25-28)21(29)24-12-17-8-5-11-31-17/h2-8,11,13H,9-10,12,14-15H2,1H3,(H,24,29). The summed E-state index contributed by atoms with van der Waals surface area (Å²) in [5.74, 6) is 0.373. The molecule has 1 N–H and O–H groups in total. The lowest BCUT2D eigenvalue weighted by molar-refractivity contribution is 0.0949. The van der Waals surface area contributed by atoms with Gasteiger partial charge in [0.1, 0.15) is 11.3 Å². The molecule has 0 fully saturated rings. The number of amides is 1. The molecule has 0 spiro atoms. The Morgan fingerprint density at radius 2 is 2.03 bits per heavy atom. The van der Waals surface area contributed by atoms with E-state index < -0.39 is 0 Å². The molecule has 31 heavy (non-hydrogen) atoms. The number of hydrogen-bond acceptors (Lipinski definition) is 5. The zero-order valence-electron chi connectivity index (χ0n) is 17.2. The van der Waals surface area contributed by atoms with E-state index in [9.17, 15) is 9.59 Å². The van der Waals surface area contributed by atoms with Crippen molar-refractivity contribution in [3.8, 4) is 0 Å². The largest absolute Gasteiger partial charge is 0.467 e. The summed E-state index contributed by atoms with van der Waals surface area (Å²) in [5.41, 5.74) is 3.65. The van der Waals surface area contributed by atoms with E-state index >= 15 is 0 Å². The Bertz CT molecular complexity index is 1290. The molecule has 1 aromatic carbocycles. The fraction of sp³-hybridized carbons (Fsp3) is 0.261. The van der Waals surface area contributed by atoms with Crippen LogP contribution in [0.1, 0.15) is 32.9 Å². The van der Waals surface area contributed by atoms with Crippen LogP contribution in [-0.2, 0) is 33.1 Å². The van der Waals surface area contributed by atoms with Crippen molar-refractivity contribution in [3.05, 3.63) is 93.4 Å². The molecule has 8 nitrogen and oxygen atoms in total. The number of carbonyl (C=O) groups excluding carboxylic acids is 1. The number of aryl methyl sites for hydroxylation is 1. The normalized spacial score (nSPS) is 14.0. The fourth-order valence-corrected chi connectivity index (χ4v) is 4.25. The van der Waals surface area contributed by atoms with Crippen molar-refractivity contribution in [1.82, 2.24) is 24.4 Å². The summed E-state index contributed by atoms with van der Waals surface area (Å²) in [6.07, 6.45) is 3.76. The van der Waals surface area contributed by atoms with Crippen LogP contribution in [0.3, 0.4) is 0 Å². The predicted molar refractivity (Wildman–Crippen MR) is 115 cm³/mol. The topological polar surface area (TPSA) is 84.8 Å². The average molecular weight is 417 g/mol. The first-order chi connectivity index (χ1) is 15.1. The summed E-state index contributed by atoms with van der Waals surface area (Å²) >= 11 is 0. The summed E-state index contributed by atoms with van der Waals surface area (Å²) in [4.78, 5) is 28.3. The summed E-state index contributed by atoms with van der Waals surface area (Å²) < 4.78 is 8.54.